The van der Waals surface area contributed by atoms with E-state index in [0.29, 0.717) is 5.75 Å². The fraction of sp³-hybridized carbons (Fsp3) is 0.269. The molecule has 3 rings (SSSR count). The molecule has 0 aromatic heterocycles. The van der Waals surface area contributed by atoms with Crippen LogP contribution in [0.15, 0.2) is 76.1 Å². The van der Waals surface area contributed by atoms with Crippen LogP contribution in [0.5, 0.6) is 5.75 Å². The van der Waals surface area contributed by atoms with Crippen LogP contribution in [-0.2, 0) is 21.2 Å². The van der Waals surface area contributed by atoms with Gasteiger partial charge in [0.1, 0.15) is 5.75 Å². The summed E-state index contributed by atoms with van der Waals surface area (Å²) in [5.41, 5.74) is 3.10. The lowest BCUT2D eigenvalue weighted by atomic mass is 10.1. The molecule has 0 bridgehead atoms. The minimum absolute atomic E-state index is 0.0458. The molecule has 0 fully saturated rings. The lowest BCUT2D eigenvalue weighted by Gasteiger charge is -2.23. The minimum atomic E-state index is -4.12. The van der Waals surface area contributed by atoms with Crippen molar-refractivity contribution >= 4 is 37.5 Å². The predicted molar refractivity (Wildman–Crippen MR) is 135 cm³/mol. The van der Waals surface area contributed by atoms with Crippen LogP contribution < -0.4 is 9.04 Å². The molecule has 174 valence electrons. The van der Waals surface area contributed by atoms with E-state index in [4.69, 9.17) is 4.74 Å². The van der Waals surface area contributed by atoms with E-state index < -0.39 is 22.5 Å². The Hall–Kier alpha value is -2.64. The van der Waals surface area contributed by atoms with Crippen LogP contribution in [0.3, 0.4) is 0 Å². The molecule has 0 heterocycles. The van der Waals surface area contributed by atoms with Crippen molar-refractivity contribution in [1.29, 1.82) is 0 Å². The fourth-order valence-electron chi connectivity index (χ4n) is 3.61. The lowest BCUT2D eigenvalue weighted by Crippen LogP contribution is -2.40. The Labute approximate surface area is 204 Å². The van der Waals surface area contributed by atoms with E-state index >= 15 is 0 Å². The number of halogens is 1. The maximum atomic E-state index is 13.5. The smallest absolute Gasteiger partial charge is 0.278 e. The maximum Gasteiger partial charge on any atom is 0.278 e. The molecular formula is C26H28BrNO4S. The molecule has 0 aliphatic carbocycles. The van der Waals surface area contributed by atoms with Gasteiger partial charge in [-0.05, 0) is 79.8 Å². The second-order valence-electron chi connectivity index (χ2n) is 7.90. The number of carbonyl (C=O) groups excluding carboxylic acids is 1. The number of carbonyl (C=O) groups is 1. The summed E-state index contributed by atoms with van der Waals surface area (Å²) >= 11 is 3.44. The molecule has 3 aromatic carbocycles. The third-order valence-electron chi connectivity index (χ3n) is 5.26. The van der Waals surface area contributed by atoms with Gasteiger partial charge >= 0.3 is 0 Å². The van der Waals surface area contributed by atoms with Crippen molar-refractivity contribution in [3.8, 4) is 5.75 Å². The van der Waals surface area contributed by atoms with E-state index in [1.807, 2.05) is 38.1 Å². The molecule has 1 amide bonds. The van der Waals surface area contributed by atoms with Crippen LogP contribution >= 0.6 is 15.9 Å². The van der Waals surface area contributed by atoms with Gasteiger partial charge in [-0.2, -0.15) is 4.31 Å². The summed E-state index contributed by atoms with van der Waals surface area (Å²) in [5.74, 6) is -0.0968. The standard InChI is InChI=1S/C26H28BrNO4S/c1-4-5-9-21-12-14-23(15-13-21)28(33(30,31)24-10-7-6-8-11-24)25(29)18-32-26-19(2)16-22(27)17-20(26)3/h6-8,10-17H,4-5,9,18H2,1-3H3. The van der Waals surface area contributed by atoms with Crippen LogP contribution in [-0.4, -0.2) is 20.9 Å². The van der Waals surface area contributed by atoms with Gasteiger partial charge in [0.15, 0.2) is 6.61 Å². The van der Waals surface area contributed by atoms with Crippen molar-refractivity contribution < 1.29 is 17.9 Å². The molecule has 0 saturated heterocycles. The third-order valence-corrected chi connectivity index (χ3v) is 7.48. The van der Waals surface area contributed by atoms with E-state index in [-0.39, 0.29) is 10.6 Å². The molecule has 0 N–H and O–H groups in total. The molecule has 5 nitrogen and oxygen atoms in total. The molecule has 3 aromatic rings. The molecule has 7 heteroatoms. The number of benzene rings is 3. The average Bonchev–Trinajstić information content (AvgIpc) is 2.78. The van der Waals surface area contributed by atoms with Crippen molar-refractivity contribution in [1.82, 2.24) is 0 Å². The molecule has 0 atom stereocenters. The highest BCUT2D eigenvalue weighted by Gasteiger charge is 2.31. The Morgan fingerprint density at radius 2 is 1.58 bits per heavy atom. The number of aryl methyl sites for hydroxylation is 3. The van der Waals surface area contributed by atoms with Crippen LogP contribution in [0.4, 0.5) is 5.69 Å². The summed E-state index contributed by atoms with van der Waals surface area (Å²) in [7, 11) is -4.12. The van der Waals surface area contributed by atoms with E-state index in [9.17, 15) is 13.2 Å². The molecule has 0 unspecified atom stereocenters. The number of amides is 1. The number of anilines is 1. The summed E-state index contributed by atoms with van der Waals surface area (Å²) < 4.78 is 34.5. The zero-order valence-corrected chi connectivity index (χ0v) is 21.4. The normalized spacial score (nSPS) is 11.3. The number of ether oxygens (including phenoxy) is 1. The lowest BCUT2D eigenvalue weighted by molar-refractivity contribution is -0.119. The van der Waals surface area contributed by atoms with E-state index in [1.54, 1.807) is 30.3 Å². The van der Waals surface area contributed by atoms with Crippen LogP contribution in [0.2, 0.25) is 0 Å². The summed E-state index contributed by atoms with van der Waals surface area (Å²) in [4.78, 5) is 13.3. The van der Waals surface area contributed by atoms with E-state index in [2.05, 4.69) is 22.9 Å². The van der Waals surface area contributed by atoms with Gasteiger partial charge in [0.25, 0.3) is 15.9 Å². The number of hydrogen-bond donors (Lipinski definition) is 0. The average molecular weight is 530 g/mol. The summed E-state index contributed by atoms with van der Waals surface area (Å²) in [6, 6.07) is 18.8. The second-order valence-corrected chi connectivity index (χ2v) is 10.6. The van der Waals surface area contributed by atoms with Crippen molar-refractivity contribution in [3.63, 3.8) is 0 Å². The van der Waals surface area contributed by atoms with E-state index in [1.165, 1.54) is 12.1 Å². The predicted octanol–water partition coefficient (Wildman–Crippen LogP) is 6.21. The summed E-state index contributed by atoms with van der Waals surface area (Å²) in [6.07, 6.45) is 3.02. The van der Waals surface area contributed by atoms with Gasteiger partial charge in [0.2, 0.25) is 0 Å². The van der Waals surface area contributed by atoms with Crippen LogP contribution in [0.25, 0.3) is 0 Å². The van der Waals surface area contributed by atoms with Gasteiger partial charge in [-0.15, -0.1) is 0 Å². The first-order chi connectivity index (χ1) is 15.7. The molecule has 33 heavy (non-hydrogen) atoms. The highest BCUT2D eigenvalue weighted by Crippen LogP contribution is 2.29. The Balaban J connectivity index is 1.94. The summed E-state index contributed by atoms with van der Waals surface area (Å²) in [5, 5.41) is 0. The van der Waals surface area contributed by atoms with Gasteiger partial charge in [-0.1, -0.05) is 59.6 Å². The van der Waals surface area contributed by atoms with Gasteiger partial charge < -0.3 is 4.74 Å². The molecule has 0 aliphatic heterocycles. The van der Waals surface area contributed by atoms with Gasteiger partial charge in [-0.3, -0.25) is 4.79 Å². The van der Waals surface area contributed by atoms with Crippen molar-refractivity contribution in [2.45, 2.75) is 44.9 Å². The second kappa shape index (κ2) is 11.0. The Bertz CT molecular complexity index is 1190. The maximum absolute atomic E-state index is 13.5. The first-order valence-corrected chi connectivity index (χ1v) is 13.1. The SMILES string of the molecule is CCCCc1ccc(N(C(=O)COc2c(C)cc(Br)cc2C)S(=O)(=O)c2ccccc2)cc1. The van der Waals surface area contributed by atoms with Crippen molar-refractivity contribution in [3.05, 3.63) is 87.9 Å². The zero-order valence-electron chi connectivity index (χ0n) is 19.0. The van der Waals surface area contributed by atoms with Crippen molar-refractivity contribution in [2.75, 3.05) is 10.9 Å². The highest BCUT2D eigenvalue weighted by atomic mass is 79.9. The fourth-order valence-corrected chi connectivity index (χ4v) is 5.73. The van der Waals surface area contributed by atoms with Crippen LogP contribution in [0.1, 0.15) is 36.5 Å². The molecule has 0 radical (unpaired) electrons. The van der Waals surface area contributed by atoms with Crippen LogP contribution in [0, 0.1) is 13.8 Å². The van der Waals surface area contributed by atoms with Gasteiger partial charge in [0.05, 0.1) is 10.6 Å². The largest absolute Gasteiger partial charge is 0.483 e. The Kier molecular flexibility index (Phi) is 8.32. The van der Waals surface area contributed by atoms with Gasteiger partial charge in [0, 0.05) is 4.47 Å². The Morgan fingerprint density at radius 1 is 0.970 bits per heavy atom. The molecule has 0 spiro atoms. The number of sulfonamides is 1. The summed E-state index contributed by atoms with van der Waals surface area (Å²) in [6.45, 7) is 5.47. The monoisotopic (exact) mass is 529 g/mol. The molecule has 0 saturated carbocycles. The van der Waals surface area contributed by atoms with E-state index in [0.717, 1.165) is 44.7 Å². The number of rotatable bonds is 9. The topological polar surface area (TPSA) is 63.7 Å². The first kappa shape index (κ1) is 25.0. The first-order valence-electron chi connectivity index (χ1n) is 10.9. The van der Waals surface area contributed by atoms with Gasteiger partial charge in [-0.25, -0.2) is 8.42 Å². The highest BCUT2D eigenvalue weighted by molar-refractivity contribution is 9.10. The molecular weight excluding hydrogens is 502 g/mol. The number of unbranched alkanes of at least 4 members (excludes halogenated alkanes) is 1. The Morgan fingerprint density at radius 3 is 2.15 bits per heavy atom. The number of nitrogens with zero attached hydrogens (tertiary/aromatic N) is 1. The quantitative estimate of drug-likeness (QED) is 0.330. The third kappa shape index (κ3) is 6.03. The zero-order chi connectivity index (χ0) is 24.0. The van der Waals surface area contributed by atoms with Crippen molar-refractivity contribution in [2.24, 2.45) is 0 Å². The number of hydrogen-bond acceptors (Lipinski definition) is 4. The molecule has 0 aliphatic rings. The minimum Gasteiger partial charge on any atom is -0.483 e.